The van der Waals surface area contributed by atoms with E-state index in [2.05, 4.69) is 4.98 Å². The van der Waals surface area contributed by atoms with Gasteiger partial charge in [0.15, 0.2) is 10.5 Å². The molecule has 0 aliphatic carbocycles. The third-order valence-electron chi connectivity index (χ3n) is 3.94. The van der Waals surface area contributed by atoms with Crippen molar-refractivity contribution in [3.8, 4) is 17.4 Å². The Morgan fingerprint density at radius 1 is 1.34 bits per heavy atom. The number of fused-ring (bicyclic) bond motifs is 1. The first-order valence-electron chi connectivity index (χ1n) is 8.16. The van der Waals surface area contributed by atoms with Gasteiger partial charge in [0.2, 0.25) is 17.3 Å². The highest BCUT2D eigenvalue weighted by Crippen LogP contribution is 2.48. The number of aromatic amines is 1. The van der Waals surface area contributed by atoms with Crippen LogP contribution in [0.25, 0.3) is 5.88 Å². The number of hydrogen-bond donors (Lipinski definition) is 2. The highest BCUT2D eigenvalue weighted by atomic mass is 32.1. The first kappa shape index (κ1) is 20.9. The Hall–Kier alpha value is -2.80. The van der Waals surface area contributed by atoms with Crippen molar-refractivity contribution in [3.05, 3.63) is 32.6 Å². The molecule has 2 N–H and O–H groups in total. The molecule has 158 valence electrons. The molecule has 0 saturated carbocycles. The van der Waals surface area contributed by atoms with Gasteiger partial charge in [0, 0.05) is 27.1 Å². The van der Waals surface area contributed by atoms with Crippen molar-refractivity contribution in [1.82, 2.24) is 14.5 Å². The van der Waals surface area contributed by atoms with Crippen LogP contribution >= 0.6 is 12.2 Å². The fourth-order valence-corrected chi connectivity index (χ4v) is 2.95. The van der Waals surface area contributed by atoms with Crippen LogP contribution in [0.5, 0.6) is 11.5 Å². The molecule has 9 nitrogen and oxygen atoms in total. The van der Waals surface area contributed by atoms with Gasteiger partial charge in [0.05, 0.1) is 12.1 Å². The zero-order valence-electron chi connectivity index (χ0n) is 15.4. The van der Waals surface area contributed by atoms with E-state index < -0.39 is 36.6 Å². The maximum absolute atomic E-state index is 12.6. The van der Waals surface area contributed by atoms with Crippen LogP contribution in [0.2, 0.25) is 0 Å². The number of nitrogens with zero attached hydrogens (tertiary/aromatic N) is 2. The van der Waals surface area contributed by atoms with Gasteiger partial charge >= 0.3 is 12.1 Å². The van der Waals surface area contributed by atoms with E-state index in [1.165, 1.54) is 0 Å². The number of nitrogens with one attached hydrogen (secondary N) is 1. The highest BCUT2D eigenvalue weighted by Gasteiger charge is 2.42. The number of alkyl halides is 3. The highest BCUT2D eigenvalue weighted by molar-refractivity contribution is 7.71. The standard InChI is InChI=1S/C16H16F3N3O6S/c1-15(2)27-9-8(6-23)26-12(10(9)28-15)22-5-7(11(24)20-14(22)29)4-21(3)13(25)16(17,18)19/h5,23H,4,6H2,1-3H3,(H,20,24,29). The fourth-order valence-electron chi connectivity index (χ4n) is 2.72. The van der Waals surface area contributed by atoms with Crippen LogP contribution in [-0.4, -0.2) is 44.5 Å². The van der Waals surface area contributed by atoms with Gasteiger partial charge in [-0.1, -0.05) is 0 Å². The number of aliphatic hydroxyl groups excluding tert-OH is 1. The number of aromatic nitrogens is 2. The van der Waals surface area contributed by atoms with E-state index in [0.29, 0.717) is 4.90 Å². The maximum atomic E-state index is 12.6. The van der Waals surface area contributed by atoms with Crippen LogP contribution in [0.15, 0.2) is 15.4 Å². The van der Waals surface area contributed by atoms with E-state index in [1.54, 1.807) is 13.8 Å². The van der Waals surface area contributed by atoms with Crippen LogP contribution in [0.4, 0.5) is 13.2 Å². The average molecular weight is 435 g/mol. The molecule has 2 aromatic rings. The Balaban J connectivity index is 2.06. The van der Waals surface area contributed by atoms with Gasteiger partial charge in [-0.25, -0.2) is 0 Å². The van der Waals surface area contributed by atoms with Crippen LogP contribution in [0, 0.1) is 4.77 Å². The number of carbonyl (C=O) groups is 1. The van der Waals surface area contributed by atoms with Gasteiger partial charge in [-0.15, -0.1) is 0 Å². The molecular weight excluding hydrogens is 419 g/mol. The number of amides is 1. The van der Waals surface area contributed by atoms with Crippen molar-refractivity contribution in [2.45, 2.75) is 39.0 Å². The zero-order valence-corrected chi connectivity index (χ0v) is 16.2. The number of carbonyl (C=O) groups excluding carboxylic acids is 1. The summed E-state index contributed by atoms with van der Waals surface area (Å²) in [5.41, 5.74) is -0.955. The molecule has 0 atom stereocenters. The largest absolute Gasteiger partial charge is 0.471 e. The van der Waals surface area contributed by atoms with E-state index in [4.69, 9.17) is 26.1 Å². The Kier molecular flexibility index (Phi) is 4.99. The van der Waals surface area contributed by atoms with Gasteiger partial charge in [-0.05, 0) is 12.2 Å². The monoisotopic (exact) mass is 435 g/mol. The molecule has 0 fully saturated rings. The predicted molar refractivity (Wildman–Crippen MR) is 93.3 cm³/mol. The molecule has 0 unspecified atom stereocenters. The average Bonchev–Trinajstić information content (AvgIpc) is 3.08. The van der Waals surface area contributed by atoms with E-state index in [-0.39, 0.29) is 33.5 Å². The number of ether oxygens (including phenoxy) is 2. The Morgan fingerprint density at radius 3 is 2.55 bits per heavy atom. The summed E-state index contributed by atoms with van der Waals surface area (Å²) in [6.07, 6.45) is -3.94. The summed E-state index contributed by atoms with van der Waals surface area (Å²) in [7, 11) is 0.912. The molecular formula is C16H16F3N3O6S. The van der Waals surface area contributed by atoms with Crippen molar-refractivity contribution in [2.75, 3.05) is 7.05 Å². The second kappa shape index (κ2) is 6.91. The molecule has 1 amide bonds. The van der Waals surface area contributed by atoms with Crippen molar-refractivity contribution in [2.24, 2.45) is 0 Å². The summed E-state index contributed by atoms with van der Waals surface area (Å²) in [6.45, 7) is 2.08. The molecule has 0 aromatic carbocycles. The van der Waals surface area contributed by atoms with Gasteiger partial charge < -0.3 is 23.9 Å². The molecule has 1 aliphatic rings. The van der Waals surface area contributed by atoms with Crippen molar-refractivity contribution in [1.29, 1.82) is 0 Å². The SMILES string of the molecule is CN(Cc1cn(-c2oc(CO)c3c2OC(C)(C)O3)c(=S)[nH]c1=O)C(=O)C(F)(F)F. The smallest absolute Gasteiger partial charge is 0.445 e. The van der Waals surface area contributed by atoms with Gasteiger partial charge in [0.25, 0.3) is 11.4 Å². The molecule has 3 rings (SSSR count). The van der Waals surface area contributed by atoms with Crippen molar-refractivity contribution < 1.29 is 37.0 Å². The van der Waals surface area contributed by atoms with E-state index in [9.17, 15) is 27.9 Å². The Labute approximate surface area is 166 Å². The second-order valence-corrected chi connectivity index (χ2v) is 7.08. The van der Waals surface area contributed by atoms with Crippen molar-refractivity contribution in [3.63, 3.8) is 0 Å². The number of furan rings is 1. The van der Waals surface area contributed by atoms with E-state index >= 15 is 0 Å². The van der Waals surface area contributed by atoms with Crippen LogP contribution in [0.3, 0.4) is 0 Å². The molecule has 0 bridgehead atoms. The first-order chi connectivity index (χ1) is 13.3. The van der Waals surface area contributed by atoms with Crippen LogP contribution in [0.1, 0.15) is 25.2 Å². The molecule has 13 heteroatoms. The number of halogens is 3. The minimum absolute atomic E-state index is 0.0399. The summed E-state index contributed by atoms with van der Waals surface area (Å²) in [5, 5.41) is 9.48. The molecule has 29 heavy (non-hydrogen) atoms. The Bertz CT molecular complexity index is 1090. The summed E-state index contributed by atoms with van der Waals surface area (Å²) >= 11 is 5.11. The lowest BCUT2D eigenvalue weighted by molar-refractivity contribution is -0.184. The number of hydrogen-bond acceptors (Lipinski definition) is 7. The lowest BCUT2D eigenvalue weighted by atomic mass is 10.3. The number of H-pyrrole nitrogens is 1. The summed E-state index contributed by atoms with van der Waals surface area (Å²) in [5.74, 6) is -2.92. The van der Waals surface area contributed by atoms with Gasteiger partial charge in [-0.3, -0.25) is 19.1 Å². The summed E-state index contributed by atoms with van der Waals surface area (Å²) in [4.78, 5) is 26.2. The maximum Gasteiger partial charge on any atom is 0.471 e. The predicted octanol–water partition coefficient (Wildman–Crippen LogP) is 2.01. The number of rotatable bonds is 4. The number of aliphatic hydroxyl groups is 1. The molecule has 0 radical (unpaired) electrons. The molecule has 1 aliphatic heterocycles. The quantitative estimate of drug-likeness (QED) is 0.707. The Morgan fingerprint density at radius 2 is 1.97 bits per heavy atom. The molecule has 0 spiro atoms. The third-order valence-corrected chi connectivity index (χ3v) is 4.24. The third kappa shape index (κ3) is 3.87. The zero-order chi connectivity index (χ0) is 21.7. The minimum atomic E-state index is -5.08. The van der Waals surface area contributed by atoms with Gasteiger partial charge in [0.1, 0.15) is 6.61 Å². The molecule has 3 heterocycles. The fraction of sp³-hybridized carbons (Fsp3) is 0.438. The lowest BCUT2D eigenvalue weighted by Crippen LogP contribution is -2.39. The van der Waals surface area contributed by atoms with Crippen molar-refractivity contribution >= 4 is 18.1 Å². The lowest BCUT2D eigenvalue weighted by Gasteiger charge is -2.19. The second-order valence-electron chi connectivity index (χ2n) is 6.69. The minimum Gasteiger partial charge on any atom is -0.445 e. The van der Waals surface area contributed by atoms with Crippen LogP contribution in [-0.2, 0) is 17.9 Å². The molecule has 0 saturated heterocycles. The van der Waals surface area contributed by atoms with E-state index in [0.717, 1.165) is 17.8 Å². The van der Waals surface area contributed by atoms with Gasteiger partial charge in [-0.2, -0.15) is 13.2 Å². The topological polar surface area (TPSA) is 110 Å². The summed E-state index contributed by atoms with van der Waals surface area (Å²) in [6, 6.07) is 0. The van der Waals surface area contributed by atoms with Crippen LogP contribution < -0.4 is 15.0 Å². The van der Waals surface area contributed by atoms with E-state index in [1.807, 2.05) is 0 Å². The molecule has 2 aromatic heterocycles. The first-order valence-corrected chi connectivity index (χ1v) is 8.57. The normalized spacial score (nSPS) is 14.9. The summed E-state index contributed by atoms with van der Waals surface area (Å²) < 4.78 is 55.6.